The highest BCUT2D eigenvalue weighted by Crippen LogP contribution is 2.48. The molecule has 2 aromatic carbocycles. The number of aryl methyl sites for hydroxylation is 1. The molecule has 1 aliphatic rings. The van der Waals surface area contributed by atoms with Gasteiger partial charge in [-0.15, -0.1) is 23.2 Å². The number of halogens is 4. The van der Waals surface area contributed by atoms with E-state index in [0.717, 1.165) is 42.4 Å². The zero-order valence-electron chi connectivity index (χ0n) is 27.7. The van der Waals surface area contributed by atoms with Crippen LogP contribution >= 0.6 is 65.8 Å². The van der Waals surface area contributed by atoms with Crippen molar-refractivity contribution in [3.8, 4) is 6.19 Å². The number of hydrogen-bond acceptors (Lipinski definition) is 8. The van der Waals surface area contributed by atoms with Crippen molar-refractivity contribution >= 4 is 89.1 Å². The standard InChI is InChI=1S/C14H11Cl2NO2.C10H16N6S.C7H15Cl2N2O2P/c15-10-5-3-6-11(16)14(10)17-12-7-2-1-4-9(12)8-13(18)19;1-8-9(16-7-15-8)5-17-4-3-13-10(12-2)14-6-11;8-2-5-11(6-3-9)14(12)10-4-1-7-13-14/h1-7,17H,8H2,(H,18,19);7H,3-5H2,1-2H3,(H,15,16)(H2,12,13,14);1-7H2,(H,10,12). The molecule has 3 aromatic rings. The number of nitriles is 1. The molecule has 2 heterocycles. The first-order valence-electron chi connectivity index (χ1n) is 15.4. The topological polar surface area (TPSA) is 180 Å². The molecule has 1 aliphatic heterocycles. The number of nitrogens with zero attached hydrogens (tertiary/aromatic N) is 4. The van der Waals surface area contributed by atoms with Gasteiger partial charge in [-0.05, 0) is 37.1 Å². The van der Waals surface area contributed by atoms with Crippen LogP contribution in [-0.4, -0.2) is 89.0 Å². The Balaban J connectivity index is 0.000000263. The van der Waals surface area contributed by atoms with E-state index in [2.05, 4.69) is 36.0 Å². The molecule has 0 saturated carbocycles. The Morgan fingerprint density at radius 1 is 1.18 bits per heavy atom. The fraction of sp³-hybridized carbons (Fsp3) is 0.419. The summed E-state index contributed by atoms with van der Waals surface area (Å²) in [5.41, 5.74) is 4.14. The molecule has 0 aliphatic carbocycles. The van der Waals surface area contributed by atoms with E-state index in [4.69, 9.17) is 61.3 Å². The molecular weight excluding hydrogens is 767 g/mol. The van der Waals surface area contributed by atoms with Gasteiger partial charge in [0.05, 0.1) is 40.8 Å². The molecule has 50 heavy (non-hydrogen) atoms. The average Bonchev–Trinajstić information content (AvgIpc) is 3.51. The second kappa shape index (κ2) is 24.5. The summed E-state index contributed by atoms with van der Waals surface area (Å²) in [4.78, 5) is 22.0. The molecule has 0 spiro atoms. The number of alkyl halides is 2. The Morgan fingerprint density at radius 2 is 1.88 bits per heavy atom. The SMILES string of the molecule is CN=C(NC#N)NCCSCc1nc[nH]c1C.O=C(O)Cc1ccccc1Nc1c(Cl)cccc1Cl.O=P1(N(CCCl)CCCl)NCCCO1. The third-order valence-electron chi connectivity index (χ3n) is 6.65. The Labute approximate surface area is 317 Å². The van der Waals surface area contributed by atoms with E-state index < -0.39 is 13.6 Å². The number of aliphatic imine (C=N–C) groups is 1. The van der Waals surface area contributed by atoms with Crippen molar-refractivity contribution in [1.82, 2.24) is 30.4 Å². The summed E-state index contributed by atoms with van der Waals surface area (Å²) in [6.07, 6.45) is 4.36. The maximum atomic E-state index is 12.2. The number of hydrogen-bond donors (Lipinski definition) is 6. The Hall–Kier alpha value is -2.70. The van der Waals surface area contributed by atoms with Crippen LogP contribution < -0.4 is 21.0 Å². The number of aromatic nitrogens is 2. The minimum Gasteiger partial charge on any atom is -0.481 e. The second-order valence-electron chi connectivity index (χ2n) is 10.2. The van der Waals surface area contributed by atoms with Crippen LogP contribution in [0.2, 0.25) is 10.0 Å². The van der Waals surface area contributed by atoms with Crippen LogP contribution in [0.25, 0.3) is 0 Å². The molecule has 4 rings (SSSR count). The van der Waals surface area contributed by atoms with Crippen LogP contribution in [0.1, 0.15) is 23.4 Å². The van der Waals surface area contributed by atoms with Crippen molar-refractivity contribution in [2.75, 3.05) is 62.7 Å². The smallest absolute Gasteiger partial charge is 0.343 e. The predicted octanol–water partition coefficient (Wildman–Crippen LogP) is 6.85. The molecule has 0 bridgehead atoms. The third kappa shape index (κ3) is 15.7. The van der Waals surface area contributed by atoms with Gasteiger partial charge >= 0.3 is 13.6 Å². The summed E-state index contributed by atoms with van der Waals surface area (Å²) < 4.78 is 19.2. The van der Waals surface area contributed by atoms with E-state index in [1.165, 1.54) is 0 Å². The molecule has 0 radical (unpaired) electrons. The van der Waals surface area contributed by atoms with E-state index in [1.807, 2.05) is 19.2 Å². The van der Waals surface area contributed by atoms with Gasteiger partial charge in [-0.25, -0.2) is 14.7 Å². The third-order valence-corrected chi connectivity index (χ3v) is 10.9. The van der Waals surface area contributed by atoms with Gasteiger partial charge in [-0.2, -0.15) is 17.0 Å². The number of benzene rings is 2. The van der Waals surface area contributed by atoms with E-state index >= 15 is 0 Å². The molecule has 13 nitrogen and oxygen atoms in total. The van der Waals surface area contributed by atoms with Gasteiger partial charge in [-0.3, -0.25) is 19.7 Å². The normalized spacial score (nSPS) is 15.5. The highest BCUT2D eigenvalue weighted by molar-refractivity contribution is 7.98. The molecular formula is C31H42Cl4N9O4PS. The number of H-pyrrole nitrogens is 1. The van der Waals surface area contributed by atoms with E-state index in [-0.39, 0.29) is 6.42 Å². The number of anilines is 2. The highest BCUT2D eigenvalue weighted by Gasteiger charge is 2.32. The number of aliphatic carboxylic acids is 1. The number of nitrogens with one attached hydrogen (secondary N) is 5. The number of thioether (sulfide) groups is 1. The predicted molar refractivity (Wildman–Crippen MR) is 206 cm³/mol. The van der Waals surface area contributed by atoms with Crippen LogP contribution in [-0.2, 0) is 26.1 Å². The van der Waals surface area contributed by atoms with Gasteiger partial charge in [-0.1, -0.05) is 47.5 Å². The van der Waals surface area contributed by atoms with Crippen molar-refractivity contribution in [2.24, 2.45) is 4.99 Å². The summed E-state index contributed by atoms with van der Waals surface area (Å²) in [7, 11) is -1.21. The van der Waals surface area contributed by atoms with Gasteiger partial charge < -0.3 is 25.2 Å². The average molecular weight is 810 g/mol. The number of aromatic amines is 1. The van der Waals surface area contributed by atoms with Crippen molar-refractivity contribution in [1.29, 1.82) is 5.26 Å². The molecule has 6 N–H and O–H groups in total. The lowest BCUT2D eigenvalue weighted by molar-refractivity contribution is -0.136. The van der Waals surface area contributed by atoms with E-state index in [0.29, 0.717) is 64.4 Å². The van der Waals surface area contributed by atoms with Gasteiger partial charge in [0, 0.05) is 67.9 Å². The van der Waals surface area contributed by atoms with Crippen LogP contribution in [0.4, 0.5) is 11.4 Å². The lowest BCUT2D eigenvalue weighted by Gasteiger charge is -2.33. The van der Waals surface area contributed by atoms with Crippen molar-refractivity contribution in [2.45, 2.75) is 25.5 Å². The highest BCUT2D eigenvalue weighted by atomic mass is 35.5. The lowest BCUT2D eigenvalue weighted by atomic mass is 10.1. The fourth-order valence-corrected chi connectivity index (χ4v) is 8.17. The van der Waals surface area contributed by atoms with Crippen LogP contribution in [0, 0.1) is 18.4 Å². The first kappa shape index (κ1) is 43.5. The zero-order valence-corrected chi connectivity index (χ0v) is 32.5. The fourth-order valence-electron chi connectivity index (χ4n) is 4.16. The van der Waals surface area contributed by atoms with Gasteiger partial charge in [0.2, 0.25) is 5.96 Å². The second-order valence-corrected chi connectivity index (χ2v) is 15.0. The lowest BCUT2D eigenvalue weighted by Crippen LogP contribution is -2.35. The molecule has 0 amide bonds. The first-order chi connectivity index (χ1) is 24.1. The Morgan fingerprint density at radius 3 is 2.44 bits per heavy atom. The molecule has 1 saturated heterocycles. The van der Waals surface area contributed by atoms with Gasteiger partial charge in [0.1, 0.15) is 0 Å². The maximum absolute atomic E-state index is 12.2. The minimum atomic E-state index is -2.84. The van der Waals surface area contributed by atoms with E-state index in [1.54, 1.807) is 66.2 Å². The quantitative estimate of drug-likeness (QED) is 0.0190. The van der Waals surface area contributed by atoms with Crippen LogP contribution in [0.5, 0.6) is 0 Å². The summed E-state index contributed by atoms with van der Waals surface area (Å²) in [6.45, 7) is 5.08. The minimum absolute atomic E-state index is 0.0642. The van der Waals surface area contributed by atoms with Crippen LogP contribution in [0.15, 0.2) is 53.8 Å². The molecule has 1 aromatic heterocycles. The number of carboxylic acids is 1. The summed E-state index contributed by atoms with van der Waals surface area (Å²) in [6, 6.07) is 12.3. The van der Waals surface area contributed by atoms with Gasteiger partial charge in [0.25, 0.3) is 0 Å². The molecule has 1 atom stereocenters. The Kier molecular flexibility index (Phi) is 21.3. The summed E-state index contributed by atoms with van der Waals surface area (Å²) in [5, 5.41) is 29.8. The molecule has 274 valence electrons. The summed E-state index contributed by atoms with van der Waals surface area (Å²) in [5.74, 6) is 2.28. The van der Waals surface area contributed by atoms with Crippen molar-refractivity contribution < 1.29 is 19.0 Å². The van der Waals surface area contributed by atoms with E-state index in [9.17, 15) is 9.36 Å². The zero-order chi connectivity index (χ0) is 36.8. The largest absolute Gasteiger partial charge is 0.481 e. The molecule has 19 heteroatoms. The maximum Gasteiger partial charge on any atom is 0.343 e. The number of rotatable bonds is 14. The number of carboxylic acid groups (broad SMARTS) is 1. The number of guanidine groups is 1. The monoisotopic (exact) mass is 807 g/mol. The molecule has 1 fully saturated rings. The number of carbonyl (C=O) groups is 1. The molecule has 1 unspecified atom stereocenters. The number of imidazole rings is 1. The van der Waals surface area contributed by atoms with Gasteiger partial charge in [0.15, 0.2) is 6.19 Å². The van der Waals surface area contributed by atoms with Crippen LogP contribution in [0.3, 0.4) is 0 Å². The van der Waals surface area contributed by atoms with Crippen molar-refractivity contribution in [3.05, 3.63) is 75.8 Å². The Bertz CT molecular complexity index is 1560. The number of para-hydroxylation sites is 2. The first-order valence-corrected chi connectivity index (χ1v) is 19.9. The van der Waals surface area contributed by atoms with Crippen molar-refractivity contribution in [3.63, 3.8) is 0 Å². The summed E-state index contributed by atoms with van der Waals surface area (Å²) >= 11 is 25.2.